The van der Waals surface area contributed by atoms with Crippen molar-refractivity contribution in [1.29, 1.82) is 0 Å². The Morgan fingerprint density at radius 2 is 2.23 bits per heavy atom. The zero-order valence-corrected chi connectivity index (χ0v) is 9.18. The predicted molar refractivity (Wildman–Crippen MR) is 55.6 cm³/mol. The summed E-state index contributed by atoms with van der Waals surface area (Å²) >= 11 is 0. The largest absolute Gasteiger partial charge is 0.303 e. The number of rotatable bonds is 3. The second-order valence-corrected chi connectivity index (χ2v) is 4.88. The van der Waals surface area contributed by atoms with Gasteiger partial charge in [-0.25, -0.2) is 0 Å². The van der Waals surface area contributed by atoms with Crippen molar-refractivity contribution in [1.82, 2.24) is 0 Å². The maximum Gasteiger partial charge on any atom is 0.126 e. The van der Waals surface area contributed by atoms with Crippen molar-refractivity contribution < 1.29 is 4.79 Å². The highest BCUT2D eigenvalue weighted by molar-refractivity contribution is 5.60. The van der Waals surface area contributed by atoms with Crippen LogP contribution in [0, 0.1) is 17.3 Å². The summed E-state index contributed by atoms with van der Waals surface area (Å²) in [4.78, 5) is 11.2. The molecular formula is C12H22O. The fourth-order valence-corrected chi connectivity index (χ4v) is 2.58. The average molecular weight is 182 g/mol. The minimum atomic E-state index is 0.0128. The van der Waals surface area contributed by atoms with Gasteiger partial charge in [0.05, 0.1) is 0 Å². The normalized spacial score (nSPS) is 34.9. The molecule has 0 amide bonds. The third-order valence-corrected chi connectivity index (χ3v) is 3.89. The lowest BCUT2D eigenvalue weighted by Gasteiger charge is -2.39. The summed E-state index contributed by atoms with van der Waals surface area (Å²) in [6.07, 6.45) is 7.30. The Morgan fingerprint density at radius 1 is 1.54 bits per heavy atom. The summed E-state index contributed by atoms with van der Waals surface area (Å²) < 4.78 is 0. The van der Waals surface area contributed by atoms with E-state index in [1.807, 2.05) is 0 Å². The van der Waals surface area contributed by atoms with Gasteiger partial charge in [0.15, 0.2) is 0 Å². The number of carbonyl (C=O) groups excluding carboxylic acids is 1. The smallest absolute Gasteiger partial charge is 0.126 e. The summed E-state index contributed by atoms with van der Waals surface area (Å²) in [6, 6.07) is 0. The molecule has 0 aromatic heterocycles. The molecule has 0 bridgehead atoms. The van der Waals surface area contributed by atoms with E-state index in [0.717, 1.165) is 18.8 Å². The Kier molecular flexibility index (Phi) is 3.52. The molecule has 1 fully saturated rings. The first-order valence-corrected chi connectivity index (χ1v) is 5.61. The molecule has 1 nitrogen and oxygen atoms in total. The molecule has 0 aliphatic heterocycles. The van der Waals surface area contributed by atoms with Gasteiger partial charge in [0.25, 0.3) is 0 Å². The van der Waals surface area contributed by atoms with E-state index in [-0.39, 0.29) is 5.41 Å². The van der Waals surface area contributed by atoms with Gasteiger partial charge in [-0.3, -0.25) is 0 Å². The van der Waals surface area contributed by atoms with Crippen molar-refractivity contribution in [2.75, 3.05) is 0 Å². The Balaban J connectivity index is 2.69. The standard InChI is InChI=1S/C12H22O/c1-4-11-6-5-7-12(8-11,9-13)10(2)3/h9-11H,4-8H2,1-3H3. The fourth-order valence-electron chi connectivity index (χ4n) is 2.58. The quantitative estimate of drug-likeness (QED) is 0.611. The highest BCUT2D eigenvalue weighted by atomic mass is 16.1. The predicted octanol–water partition coefficient (Wildman–Crippen LogP) is 3.43. The Morgan fingerprint density at radius 3 is 2.69 bits per heavy atom. The second kappa shape index (κ2) is 4.26. The van der Waals surface area contributed by atoms with Crippen molar-refractivity contribution in [3.63, 3.8) is 0 Å². The van der Waals surface area contributed by atoms with Crippen molar-refractivity contribution in [3.05, 3.63) is 0 Å². The maximum atomic E-state index is 11.2. The molecule has 1 aliphatic carbocycles. The summed E-state index contributed by atoms with van der Waals surface area (Å²) in [7, 11) is 0. The van der Waals surface area contributed by atoms with Crippen LogP contribution in [0.25, 0.3) is 0 Å². The molecular weight excluding hydrogens is 160 g/mol. The van der Waals surface area contributed by atoms with Crippen molar-refractivity contribution in [2.45, 2.75) is 52.9 Å². The minimum Gasteiger partial charge on any atom is -0.303 e. The molecule has 2 atom stereocenters. The van der Waals surface area contributed by atoms with E-state index in [0.29, 0.717) is 5.92 Å². The molecule has 76 valence electrons. The average Bonchev–Trinajstić information content (AvgIpc) is 2.17. The molecule has 2 unspecified atom stereocenters. The van der Waals surface area contributed by atoms with Crippen LogP contribution in [-0.4, -0.2) is 6.29 Å². The zero-order chi connectivity index (χ0) is 9.90. The molecule has 1 aliphatic rings. The third-order valence-electron chi connectivity index (χ3n) is 3.89. The van der Waals surface area contributed by atoms with E-state index in [4.69, 9.17) is 0 Å². The van der Waals surface area contributed by atoms with Gasteiger partial charge in [-0.05, 0) is 24.7 Å². The van der Waals surface area contributed by atoms with Crippen LogP contribution in [0.2, 0.25) is 0 Å². The molecule has 1 saturated carbocycles. The Bertz CT molecular complexity index is 174. The van der Waals surface area contributed by atoms with Crippen LogP contribution in [0.4, 0.5) is 0 Å². The topological polar surface area (TPSA) is 17.1 Å². The monoisotopic (exact) mass is 182 g/mol. The second-order valence-electron chi connectivity index (χ2n) is 4.88. The number of carbonyl (C=O) groups is 1. The molecule has 0 aromatic rings. The first-order valence-electron chi connectivity index (χ1n) is 5.61. The third kappa shape index (κ3) is 2.12. The summed E-state index contributed by atoms with van der Waals surface area (Å²) in [5.41, 5.74) is 0.0128. The Labute approximate surface area is 81.9 Å². The van der Waals surface area contributed by atoms with E-state index in [2.05, 4.69) is 20.8 Å². The first kappa shape index (κ1) is 10.7. The number of hydrogen-bond acceptors (Lipinski definition) is 1. The van der Waals surface area contributed by atoms with Gasteiger partial charge >= 0.3 is 0 Å². The summed E-state index contributed by atoms with van der Waals surface area (Å²) in [6.45, 7) is 6.62. The molecule has 0 saturated heterocycles. The van der Waals surface area contributed by atoms with Gasteiger partial charge in [0.1, 0.15) is 6.29 Å². The molecule has 1 heteroatoms. The molecule has 0 aromatic carbocycles. The van der Waals surface area contributed by atoms with Gasteiger partial charge in [0, 0.05) is 5.41 Å². The molecule has 0 spiro atoms. The minimum absolute atomic E-state index is 0.0128. The van der Waals surface area contributed by atoms with Crippen LogP contribution in [0.15, 0.2) is 0 Å². The lowest BCUT2D eigenvalue weighted by Crippen LogP contribution is -2.34. The summed E-state index contributed by atoms with van der Waals surface area (Å²) in [5.74, 6) is 1.31. The molecule has 0 heterocycles. The van der Waals surface area contributed by atoms with Gasteiger partial charge in [-0.1, -0.05) is 40.0 Å². The van der Waals surface area contributed by atoms with Gasteiger partial charge in [-0.2, -0.15) is 0 Å². The lowest BCUT2D eigenvalue weighted by atomic mass is 9.64. The zero-order valence-electron chi connectivity index (χ0n) is 9.18. The first-order chi connectivity index (χ1) is 6.14. The van der Waals surface area contributed by atoms with Crippen molar-refractivity contribution in [2.24, 2.45) is 17.3 Å². The molecule has 0 N–H and O–H groups in total. The lowest BCUT2D eigenvalue weighted by molar-refractivity contribution is -0.121. The van der Waals surface area contributed by atoms with E-state index >= 15 is 0 Å². The van der Waals surface area contributed by atoms with Gasteiger partial charge < -0.3 is 4.79 Å². The van der Waals surface area contributed by atoms with Crippen LogP contribution in [-0.2, 0) is 4.79 Å². The fraction of sp³-hybridized carbons (Fsp3) is 0.917. The van der Waals surface area contributed by atoms with Crippen LogP contribution >= 0.6 is 0 Å². The van der Waals surface area contributed by atoms with Crippen LogP contribution in [0.1, 0.15) is 52.9 Å². The molecule has 13 heavy (non-hydrogen) atoms. The van der Waals surface area contributed by atoms with E-state index in [1.54, 1.807) is 0 Å². The van der Waals surface area contributed by atoms with Crippen LogP contribution in [0.3, 0.4) is 0 Å². The summed E-state index contributed by atoms with van der Waals surface area (Å²) in [5, 5.41) is 0. The van der Waals surface area contributed by atoms with Crippen molar-refractivity contribution >= 4 is 6.29 Å². The molecule has 1 rings (SSSR count). The van der Waals surface area contributed by atoms with E-state index in [9.17, 15) is 4.79 Å². The highest BCUT2D eigenvalue weighted by Crippen LogP contribution is 2.44. The molecule has 0 radical (unpaired) electrons. The van der Waals surface area contributed by atoms with Crippen molar-refractivity contribution in [3.8, 4) is 0 Å². The van der Waals surface area contributed by atoms with E-state index in [1.165, 1.54) is 25.5 Å². The SMILES string of the molecule is CCC1CCCC(C=O)(C(C)C)C1. The van der Waals surface area contributed by atoms with Crippen LogP contribution in [0.5, 0.6) is 0 Å². The number of aldehydes is 1. The maximum absolute atomic E-state index is 11.2. The highest BCUT2D eigenvalue weighted by Gasteiger charge is 2.37. The Hall–Kier alpha value is -0.330. The number of hydrogen-bond donors (Lipinski definition) is 0. The van der Waals surface area contributed by atoms with Crippen LogP contribution < -0.4 is 0 Å². The van der Waals surface area contributed by atoms with Gasteiger partial charge in [0.2, 0.25) is 0 Å². The van der Waals surface area contributed by atoms with E-state index < -0.39 is 0 Å². The van der Waals surface area contributed by atoms with Gasteiger partial charge in [-0.15, -0.1) is 0 Å².